The molecule has 0 aliphatic carbocycles. The van der Waals surface area contributed by atoms with E-state index in [1.165, 1.54) is 26.0 Å². The molecule has 0 fully saturated rings. The molecule has 1 heterocycles. The number of aromatic carboxylic acids is 2. The molecule has 8 N–H and O–H groups in total. The van der Waals surface area contributed by atoms with Crippen molar-refractivity contribution in [3.05, 3.63) is 101 Å². The van der Waals surface area contributed by atoms with E-state index in [2.05, 4.69) is 66.5 Å². The number of carboxylic acid groups (broad SMARTS) is 2. The number of nitrogens with one attached hydrogen (secondary N) is 4. The van der Waals surface area contributed by atoms with Gasteiger partial charge in [0.2, 0.25) is 23.7 Å². The van der Waals surface area contributed by atoms with Crippen molar-refractivity contribution < 1.29 is 49.7 Å². The number of aryl methyl sites for hydroxylation is 1. The Labute approximate surface area is 322 Å². The highest BCUT2D eigenvalue weighted by atomic mass is 17.1. The smallest absolute Gasteiger partial charge is 0.335 e. The number of anilines is 6. The molecular weight excluding hydrogens is 746 g/mol. The maximum absolute atomic E-state index is 12.1. The number of nitrogens with zero attached hydrogens (tertiary/aromatic N) is 7. The Balaban J connectivity index is 1.38. The molecule has 21 nitrogen and oxygen atoms in total. The lowest BCUT2D eigenvalue weighted by molar-refractivity contribution is -0.254. The number of hydrogen-bond acceptors (Lipinski definition) is 17. The van der Waals surface area contributed by atoms with Crippen LogP contribution in [0.5, 0.6) is 0 Å². The average molecular weight is 780 g/mol. The zero-order valence-electron chi connectivity index (χ0n) is 30.2. The lowest BCUT2D eigenvalue weighted by Gasteiger charge is -2.12. The molecule has 2 amide bonds. The lowest BCUT2D eigenvalue weighted by Crippen LogP contribution is -2.08. The number of aromatic nitrogens is 3. The highest BCUT2D eigenvalue weighted by Gasteiger charge is 2.14. The molecule has 4 aromatic carbocycles. The van der Waals surface area contributed by atoms with E-state index in [0.717, 1.165) is 18.2 Å². The first-order valence-electron chi connectivity index (χ1n) is 16.5. The van der Waals surface area contributed by atoms with Crippen LogP contribution in [0.3, 0.4) is 0 Å². The highest BCUT2D eigenvalue weighted by molar-refractivity contribution is 5.96. The molecular formula is C36H33N11O10. The maximum Gasteiger partial charge on any atom is 0.335 e. The van der Waals surface area contributed by atoms with Crippen LogP contribution >= 0.6 is 0 Å². The zero-order chi connectivity index (χ0) is 41.1. The van der Waals surface area contributed by atoms with Crippen LogP contribution < -0.4 is 21.3 Å². The fourth-order valence-electron chi connectivity index (χ4n) is 5.09. The van der Waals surface area contributed by atoms with Crippen molar-refractivity contribution in [1.82, 2.24) is 15.0 Å². The van der Waals surface area contributed by atoms with Gasteiger partial charge < -0.3 is 31.5 Å². The van der Waals surface area contributed by atoms with Crippen molar-refractivity contribution in [2.75, 3.05) is 21.3 Å². The van der Waals surface area contributed by atoms with E-state index in [1.807, 2.05) is 0 Å². The number of benzene rings is 4. The first kappa shape index (κ1) is 40.6. The number of hydrogen-bond donors (Lipinski definition) is 8. The second-order valence-corrected chi connectivity index (χ2v) is 11.9. The van der Waals surface area contributed by atoms with Crippen molar-refractivity contribution in [3.63, 3.8) is 0 Å². The van der Waals surface area contributed by atoms with Crippen molar-refractivity contribution in [2.45, 2.75) is 34.0 Å². The minimum atomic E-state index is -1.34. The van der Waals surface area contributed by atoms with Gasteiger partial charge in [-0.15, -0.1) is 10.2 Å². The van der Waals surface area contributed by atoms with Crippen LogP contribution in [-0.2, 0) is 32.6 Å². The van der Waals surface area contributed by atoms with Crippen LogP contribution in [0.4, 0.5) is 57.4 Å². The van der Waals surface area contributed by atoms with Gasteiger partial charge in [-0.25, -0.2) is 19.4 Å². The topological polar surface area (TPSA) is 304 Å². The van der Waals surface area contributed by atoms with Gasteiger partial charge in [0.25, 0.3) is 0 Å². The summed E-state index contributed by atoms with van der Waals surface area (Å²) < 4.78 is 0. The molecule has 292 valence electrons. The Kier molecular flexibility index (Phi) is 13.3. The third kappa shape index (κ3) is 11.7. The van der Waals surface area contributed by atoms with Crippen LogP contribution in [0.1, 0.15) is 51.5 Å². The fraction of sp³-hybridized carbons (Fsp3) is 0.139. The number of carbonyl (C=O) groups is 4. The van der Waals surface area contributed by atoms with Crippen LogP contribution in [0.2, 0.25) is 0 Å². The third-order valence-corrected chi connectivity index (χ3v) is 7.33. The second kappa shape index (κ2) is 18.6. The van der Waals surface area contributed by atoms with Gasteiger partial charge in [-0.05, 0) is 84.8 Å². The molecule has 0 aliphatic rings. The van der Waals surface area contributed by atoms with Crippen LogP contribution in [0.15, 0.2) is 93.3 Å². The lowest BCUT2D eigenvalue weighted by atomic mass is 10.1. The van der Waals surface area contributed by atoms with Crippen LogP contribution in [0.25, 0.3) is 0 Å². The Hall–Kier alpha value is -7.59. The number of carbonyl (C=O) groups excluding carboxylic acids is 2. The highest BCUT2D eigenvalue weighted by Crippen LogP contribution is 2.34. The van der Waals surface area contributed by atoms with Gasteiger partial charge in [-0.1, -0.05) is 6.07 Å². The van der Waals surface area contributed by atoms with E-state index in [9.17, 15) is 29.4 Å². The summed E-state index contributed by atoms with van der Waals surface area (Å²) in [6.07, 6.45) is 0. The SMILES string of the molecule is CC(=O)Nc1cc(Nc2nc(C)nc(Nc3ccc(N=Nc4cc(C(=O)O)cc(C(=O)O)c4)c(NC(C)=O)c3)n2)ccc1N=Nc1cc(COO)cc(COO)c1. The summed E-state index contributed by atoms with van der Waals surface area (Å²) >= 11 is 0. The Bertz CT molecular complexity index is 2350. The molecule has 0 saturated carbocycles. The molecule has 0 saturated heterocycles. The minimum Gasteiger partial charge on any atom is -0.478 e. The van der Waals surface area contributed by atoms with Crippen molar-refractivity contribution in [2.24, 2.45) is 20.5 Å². The number of rotatable bonds is 16. The van der Waals surface area contributed by atoms with Gasteiger partial charge in [0, 0.05) is 25.2 Å². The van der Waals surface area contributed by atoms with E-state index in [1.54, 1.807) is 49.4 Å². The third-order valence-electron chi connectivity index (χ3n) is 7.33. The predicted molar refractivity (Wildman–Crippen MR) is 203 cm³/mol. The van der Waals surface area contributed by atoms with E-state index >= 15 is 0 Å². The Morgan fingerprint density at radius 3 is 1.44 bits per heavy atom. The Morgan fingerprint density at radius 1 is 0.596 bits per heavy atom. The van der Waals surface area contributed by atoms with E-state index in [4.69, 9.17) is 10.5 Å². The molecule has 5 rings (SSSR count). The minimum absolute atomic E-state index is 0.0342. The molecule has 21 heteroatoms. The van der Waals surface area contributed by atoms with Gasteiger partial charge in [0.05, 0.1) is 33.9 Å². The summed E-state index contributed by atoms with van der Waals surface area (Å²) in [5.74, 6) is -2.91. The quantitative estimate of drug-likeness (QED) is 0.0269. The van der Waals surface area contributed by atoms with E-state index in [-0.39, 0.29) is 59.2 Å². The fourth-order valence-corrected chi connectivity index (χ4v) is 5.09. The number of azo groups is 2. The summed E-state index contributed by atoms with van der Waals surface area (Å²) in [4.78, 5) is 68.7. The second-order valence-electron chi connectivity index (χ2n) is 11.9. The summed E-state index contributed by atoms with van der Waals surface area (Å²) in [7, 11) is 0. The standard InChI is InChI=1S/C36H33N11O10/c1-18-37-35(41-25-4-6-29(31(14-25)39-19(2)48)46-44-27-9-21(16-56-54)8-22(10-27)17-57-55)43-36(38-18)42-26-5-7-30(32(15-26)40-20(3)49)47-45-28-12-23(33(50)51)11-24(13-28)34(52)53/h4-15,54-55H,16-17H2,1-3H3,(H,39,48)(H,40,49)(H,50,51)(H,52,53)(H2,37,38,41,42,43). The van der Waals surface area contributed by atoms with Gasteiger partial charge in [-0.2, -0.15) is 25.2 Å². The largest absolute Gasteiger partial charge is 0.478 e. The molecule has 57 heavy (non-hydrogen) atoms. The van der Waals surface area contributed by atoms with Crippen molar-refractivity contribution in [3.8, 4) is 0 Å². The summed E-state index contributed by atoms with van der Waals surface area (Å²) in [6, 6.07) is 17.6. The Morgan fingerprint density at radius 2 is 1.04 bits per heavy atom. The molecule has 0 unspecified atom stereocenters. The first-order chi connectivity index (χ1) is 27.3. The van der Waals surface area contributed by atoms with Gasteiger partial charge in [0.15, 0.2) is 0 Å². The van der Waals surface area contributed by atoms with E-state index < -0.39 is 17.8 Å². The predicted octanol–water partition coefficient (Wildman–Crippen LogP) is 7.79. The molecule has 0 aliphatic heterocycles. The van der Waals surface area contributed by atoms with Gasteiger partial charge in [0.1, 0.15) is 30.4 Å². The van der Waals surface area contributed by atoms with Crippen LogP contribution in [-0.4, -0.2) is 59.4 Å². The van der Waals surface area contributed by atoms with Crippen LogP contribution in [0, 0.1) is 6.92 Å². The van der Waals surface area contributed by atoms with Crippen molar-refractivity contribution >= 4 is 81.1 Å². The first-order valence-corrected chi connectivity index (χ1v) is 16.5. The summed E-state index contributed by atoms with van der Waals surface area (Å²) in [6.45, 7) is 3.98. The van der Waals surface area contributed by atoms with Gasteiger partial charge >= 0.3 is 11.9 Å². The van der Waals surface area contributed by atoms with E-state index in [0.29, 0.717) is 45.4 Å². The average Bonchev–Trinajstić information content (AvgIpc) is 3.13. The molecule has 0 radical (unpaired) electrons. The molecule has 5 aromatic rings. The maximum atomic E-state index is 12.1. The normalized spacial score (nSPS) is 11.1. The molecule has 0 spiro atoms. The number of carboxylic acids is 2. The molecule has 0 bridgehead atoms. The summed E-state index contributed by atoms with van der Waals surface area (Å²) in [5, 5.41) is 64.6. The van der Waals surface area contributed by atoms with Gasteiger partial charge in [-0.3, -0.25) is 20.1 Å². The summed E-state index contributed by atoms with van der Waals surface area (Å²) in [5.41, 5.74) is 2.68. The zero-order valence-corrected chi connectivity index (χ0v) is 30.2. The monoisotopic (exact) mass is 779 g/mol. The number of amides is 2. The van der Waals surface area contributed by atoms with Crippen molar-refractivity contribution in [1.29, 1.82) is 0 Å². The molecule has 1 aromatic heterocycles. The molecule has 0 atom stereocenters.